The van der Waals surface area contributed by atoms with Gasteiger partial charge in [-0.05, 0) is 12.1 Å². The van der Waals surface area contributed by atoms with Crippen molar-refractivity contribution >= 4 is 39.3 Å². The van der Waals surface area contributed by atoms with Crippen LogP contribution in [0, 0.1) is 0 Å². The second-order valence-electron chi connectivity index (χ2n) is 3.13. The van der Waals surface area contributed by atoms with E-state index in [4.69, 9.17) is 23.3 Å². The first kappa shape index (κ1) is 17.1. The maximum atomic E-state index is 11.2. The molecule has 1 aromatic heterocycles. The Labute approximate surface area is 112 Å². The second-order valence-corrected chi connectivity index (χ2v) is 4.02. The van der Waals surface area contributed by atoms with Crippen LogP contribution in [0.2, 0.25) is 0 Å². The summed E-state index contributed by atoms with van der Waals surface area (Å²) >= 11 is 0. The zero-order chi connectivity index (χ0) is 13.9. The van der Waals surface area contributed by atoms with Crippen molar-refractivity contribution in [3.05, 3.63) is 38.9 Å². The fraction of sp³-hybridized carbons (Fsp3) is 0. The van der Waals surface area contributed by atoms with Gasteiger partial charge in [-0.1, -0.05) is 6.07 Å². The summed E-state index contributed by atoms with van der Waals surface area (Å²) in [5.41, 5.74) is 5.14. The minimum absolute atomic E-state index is 0. The number of H-pyrrole nitrogens is 2. The highest BCUT2D eigenvalue weighted by molar-refractivity contribution is 7.79. The zero-order valence-corrected chi connectivity index (χ0v) is 10.8. The first-order chi connectivity index (χ1) is 8.20. The molecule has 0 saturated carbocycles. The Morgan fingerprint density at radius 3 is 2.00 bits per heavy atom. The number of aromatic amines is 2. The van der Waals surface area contributed by atoms with Gasteiger partial charge >= 0.3 is 10.4 Å². The molecule has 0 saturated heterocycles. The van der Waals surface area contributed by atoms with Gasteiger partial charge in [0.05, 0.1) is 10.8 Å². The van der Waals surface area contributed by atoms with Gasteiger partial charge in [0.1, 0.15) is 0 Å². The van der Waals surface area contributed by atoms with E-state index in [0.717, 1.165) is 0 Å². The minimum Gasteiger partial charge on any atom is -0.398 e. The Morgan fingerprint density at radius 1 is 1.05 bits per heavy atom. The van der Waals surface area contributed by atoms with Crippen LogP contribution < -0.4 is 16.9 Å². The number of nitrogen functional groups attached to an aromatic ring is 1. The number of benzene rings is 1. The number of nitrogens with two attached hydrogens (primary N) is 1. The van der Waals surface area contributed by atoms with Crippen molar-refractivity contribution in [2.75, 3.05) is 5.73 Å². The lowest BCUT2D eigenvalue weighted by Gasteiger charge is -1.97. The van der Waals surface area contributed by atoms with Crippen LogP contribution in [0.5, 0.6) is 0 Å². The number of halogens is 1. The van der Waals surface area contributed by atoms with Crippen LogP contribution in [0.15, 0.2) is 27.8 Å². The number of hydrogen-bond acceptors (Lipinski definition) is 5. The van der Waals surface area contributed by atoms with Gasteiger partial charge in [-0.25, -0.2) is 0 Å². The number of nitrogens with one attached hydrogen (secondary N) is 2. The molecule has 0 unspecified atom stereocenters. The number of aromatic nitrogens is 2. The molecule has 2 rings (SSSR count). The SMILES string of the molecule is Cl.Nc1cccc2c(=O)[nH][nH]c(=O)c12.O=S(=O)(O)O. The fourth-order valence-corrected chi connectivity index (χ4v) is 1.26. The van der Waals surface area contributed by atoms with E-state index in [9.17, 15) is 9.59 Å². The molecule has 0 aliphatic rings. The number of rotatable bonds is 0. The van der Waals surface area contributed by atoms with Gasteiger partial charge in [-0.15, -0.1) is 12.4 Å². The molecule has 11 heteroatoms. The summed E-state index contributed by atoms with van der Waals surface area (Å²) in [5, 5.41) is 4.98. The maximum Gasteiger partial charge on any atom is 0.394 e. The molecule has 9 nitrogen and oxygen atoms in total. The molecule has 0 aliphatic carbocycles. The Hall–Kier alpha value is -1.88. The third-order valence-corrected chi connectivity index (χ3v) is 1.86. The molecule has 0 atom stereocenters. The van der Waals surface area contributed by atoms with Crippen LogP contribution in [0.1, 0.15) is 0 Å². The standard InChI is InChI=1S/C8H7N3O2.ClH.H2O4S/c9-5-3-1-2-4-6(5)8(13)11-10-7(4)12;;1-5(2,3)4/h1-3H,9H2,(H,10,12)(H,11,13);1H;(H2,1,2,3,4). The van der Waals surface area contributed by atoms with Gasteiger partial charge in [0.15, 0.2) is 0 Å². The van der Waals surface area contributed by atoms with Crippen LogP contribution in [-0.4, -0.2) is 27.7 Å². The zero-order valence-electron chi connectivity index (χ0n) is 9.15. The second kappa shape index (κ2) is 6.33. The molecule has 1 aromatic carbocycles. The topological polar surface area (TPSA) is 166 Å². The molecule has 0 radical (unpaired) electrons. The number of hydrogen-bond donors (Lipinski definition) is 5. The Balaban J connectivity index is 0.000000471. The number of fused-ring (bicyclic) bond motifs is 1. The molecule has 0 spiro atoms. The summed E-state index contributed by atoms with van der Waals surface area (Å²) < 4.78 is 31.6. The molecule has 2 aromatic rings. The van der Waals surface area contributed by atoms with Crippen molar-refractivity contribution in [2.45, 2.75) is 0 Å². The van der Waals surface area contributed by atoms with E-state index < -0.39 is 10.4 Å². The molecule has 0 aliphatic heterocycles. The van der Waals surface area contributed by atoms with Crippen LogP contribution in [0.25, 0.3) is 10.8 Å². The van der Waals surface area contributed by atoms with E-state index in [1.165, 1.54) is 0 Å². The average Bonchev–Trinajstić information content (AvgIpc) is 2.21. The monoisotopic (exact) mass is 311 g/mol. The minimum atomic E-state index is -4.67. The highest BCUT2D eigenvalue weighted by atomic mass is 35.5. The molecule has 106 valence electrons. The van der Waals surface area contributed by atoms with Crippen molar-refractivity contribution in [1.29, 1.82) is 0 Å². The average molecular weight is 312 g/mol. The Bertz CT molecular complexity index is 773. The van der Waals surface area contributed by atoms with Crippen molar-refractivity contribution in [2.24, 2.45) is 0 Å². The predicted octanol–water partition coefficient (Wildman–Crippen LogP) is -0.432. The first-order valence-electron chi connectivity index (χ1n) is 4.39. The summed E-state index contributed by atoms with van der Waals surface area (Å²) in [6, 6.07) is 4.77. The largest absolute Gasteiger partial charge is 0.398 e. The normalized spacial score (nSPS) is 10.2. The quantitative estimate of drug-likeness (QED) is 0.325. The third-order valence-electron chi connectivity index (χ3n) is 1.86. The van der Waals surface area contributed by atoms with Crippen LogP contribution >= 0.6 is 12.4 Å². The fourth-order valence-electron chi connectivity index (χ4n) is 1.26. The lowest BCUT2D eigenvalue weighted by molar-refractivity contribution is 0.381. The van der Waals surface area contributed by atoms with Crippen LogP contribution in [-0.2, 0) is 10.4 Å². The van der Waals surface area contributed by atoms with Crippen molar-refractivity contribution < 1.29 is 17.5 Å². The van der Waals surface area contributed by atoms with E-state index in [1.54, 1.807) is 18.2 Å². The molecular formula is C8H10ClN3O6S. The molecule has 0 amide bonds. The highest BCUT2D eigenvalue weighted by Gasteiger charge is 2.04. The van der Waals surface area contributed by atoms with Gasteiger partial charge in [-0.2, -0.15) is 8.42 Å². The van der Waals surface area contributed by atoms with E-state index in [-0.39, 0.29) is 28.9 Å². The summed E-state index contributed by atoms with van der Waals surface area (Å²) in [7, 11) is -4.67. The van der Waals surface area contributed by atoms with Crippen molar-refractivity contribution in [3.8, 4) is 0 Å². The maximum absolute atomic E-state index is 11.2. The number of anilines is 1. The van der Waals surface area contributed by atoms with Crippen LogP contribution in [0.4, 0.5) is 5.69 Å². The molecule has 6 N–H and O–H groups in total. The van der Waals surface area contributed by atoms with Gasteiger partial charge in [-0.3, -0.25) is 28.9 Å². The smallest absolute Gasteiger partial charge is 0.394 e. The molecule has 0 fully saturated rings. The first-order valence-corrected chi connectivity index (χ1v) is 5.79. The van der Waals surface area contributed by atoms with Gasteiger partial charge < -0.3 is 5.73 Å². The molecular weight excluding hydrogens is 302 g/mol. The highest BCUT2D eigenvalue weighted by Crippen LogP contribution is 2.11. The molecule has 19 heavy (non-hydrogen) atoms. The van der Waals surface area contributed by atoms with E-state index >= 15 is 0 Å². The van der Waals surface area contributed by atoms with E-state index in [2.05, 4.69) is 10.2 Å². The summed E-state index contributed by atoms with van der Waals surface area (Å²) in [6.07, 6.45) is 0. The Kier molecular flexibility index (Phi) is 5.71. The summed E-state index contributed by atoms with van der Waals surface area (Å²) in [5.74, 6) is 0. The van der Waals surface area contributed by atoms with Crippen molar-refractivity contribution in [3.63, 3.8) is 0 Å². The predicted molar refractivity (Wildman–Crippen MR) is 71.0 cm³/mol. The third kappa shape index (κ3) is 5.09. The van der Waals surface area contributed by atoms with E-state index in [0.29, 0.717) is 11.1 Å². The van der Waals surface area contributed by atoms with Gasteiger partial charge in [0.2, 0.25) is 0 Å². The summed E-state index contributed by atoms with van der Waals surface area (Å²) in [6.45, 7) is 0. The molecule has 1 heterocycles. The van der Waals surface area contributed by atoms with Crippen molar-refractivity contribution in [1.82, 2.24) is 10.2 Å². The lowest BCUT2D eigenvalue weighted by Crippen LogP contribution is -2.19. The molecule has 0 bridgehead atoms. The van der Waals surface area contributed by atoms with E-state index in [1.807, 2.05) is 0 Å². The Morgan fingerprint density at radius 2 is 1.53 bits per heavy atom. The van der Waals surface area contributed by atoms with Crippen LogP contribution in [0.3, 0.4) is 0 Å². The van der Waals surface area contributed by atoms with Gasteiger partial charge in [0.25, 0.3) is 11.1 Å². The van der Waals surface area contributed by atoms with Gasteiger partial charge in [0, 0.05) is 5.69 Å². The summed E-state index contributed by atoms with van der Waals surface area (Å²) in [4.78, 5) is 22.4. The lowest BCUT2D eigenvalue weighted by atomic mass is 10.2.